The molecule has 3 rings (SSSR count). The standard InChI is InChI=1S/C24H31NO2/c1-17(26)27-23-16-19(15-22(23)25-24(2,3)4)14-18-10-12-21(13-11-18)20-8-6-5-7-9-20/h5-13,19,22-23,25H,14-16H2,1-4H3/t19-,22-,23-/m1/s1. The largest absolute Gasteiger partial charge is 0.461 e. The highest BCUT2D eigenvalue weighted by Gasteiger charge is 2.37. The number of nitrogens with one attached hydrogen (secondary N) is 1. The van der Waals surface area contributed by atoms with E-state index < -0.39 is 0 Å². The third-order valence-corrected chi connectivity index (χ3v) is 5.12. The molecule has 0 heterocycles. The highest BCUT2D eigenvalue weighted by molar-refractivity contribution is 5.66. The lowest BCUT2D eigenvalue weighted by Gasteiger charge is -2.29. The average molecular weight is 366 g/mol. The van der Waals surface area contributed by atoms with E-state index in [-0.39, 0.29) is 23.7 Å². The number of ether oxygens (including phenoxy) is 1. The van der Waals surface area contributed by atoms with Crippen LogP contribution in [0.4, 0.5) is 0 Å². The van der Waals surface area contributed by atoms with Crippen molar-refractivity contribution in [2.75, 3.05) is 0 Å². The number of rotatable bonds is 5. The Morgan fingerprint density at radius 3 is 2.22 bits per heavy atom. The molecule has 0 unspecified atom stereocenters. The predicted molar refractivity (Wildman–Crippen MR) is 111 cm³/mol. The molecule has 0 aromatic heterocycles. The fourth-order valence-corrected chi connectivity index (χ4v) is 4.12. The summed E-state index contributed by atoms with van der Waals surface area (Å²) in [5, 5.41) is 3.64. The first-order chi connectivity index (χ1) is 12.8. The molecule has 2 aromatic rings. The molecular formula is C24H31NO2. The number of benzene rings is 2. The fourth-order valence-electron chi connectivity index (χ4n) is 4.12. The summed E-state index contributed by atoms with van der Waals surface area (Å²) < 4.78 is 5.61. The van der Waals surface area contributed by atoms with Crippen molar-refractivity contribution in [1.29, 1.82) is 0 Å². The molecule has 0 aliphatic heterocycles. The van der Waals surface area contributed by atoms with E-state index in [0.29, 0.717) is 5.92 Å². The molecule has 1 N–H and O–H groups in total. The zero-order chi connectivity index (χ0) is 19.4. The molecule has 1 saturated carbocycles. The van der Waals surface area contributed by atoms with Crippen molar-refractivity contribution in [3.63, 3.8) is 0 Å². The Kier molecular flexibility index (Phi) is 6.01. The normalized spacial score (nSPS) is 22.6. The Morgan fingerprint density at radius 1 is 1.00 bits per heavy atom. The highest BCUT2D eigenvalue weighted by Crippen LogP contribution is 2.33. The van der Waals surface area contributed by atoms with Crippen molar-refractivity contribution in [2.45, 2.75) is 64.6 Å². The molecule has 3 atom stereocenters. The molecular weight excluding hydrogens is 334 g/mol. The van der Waals surface area contributed by atoms with Gasteiger partial charge in [0, 0.05) is 18.5 Å². The van der Waals surface area contributed by atoms with Crippen LogP contribution in [0.1, 0.15) is 46.1 Å². The van der Waals surface area contributed by atoms with E-state index >= 15 is 0 Å². The number of hydrogen-bond acceptors (Lipinski definition) is 3. The van der Waals surface area contributed by atoms with Crippen molar-refractivity contribution >= 4 is 5.97 Å². The summed E-state index contributed by atoms with van der Waals surface area (Å²) >= 11 is 0. The molecule has 144 valence electrons. The maximum Gasteiger partial charge on any atom is 0.302 e. The Labute approximate surface area is 163 Å². The van der Waals surface area contributed by atoms with Gasteiger partial charge in [-0.25, -0.2) is 0 Å². The van der Waals surface area contributed by atoms with E-state index in [9.17, 15) is 4.79 Å². The van der Waals surface area contributed by atoms with Gasteiger partial charge in [-0.1, -0.05) is 54.6 Å². The zero-order valence-electron chi connectivity index (χ0n) is 16.9. The molecule has 0 spiro atoms. The maximum absolute atomic E-state index is 11.5. The number of hydrogen-bond donors (Lipinski definition) is 1. The second-order valence-electron chi connectivity index (χ2n) is 8.75. The van der Waals surface area contributed by atoms with Crippen molar-refractivity contribution < 1.29 is 9.53 Å². The lowest BCUT2D eigenvalue weighted by atomic mass is 9.95. The molecule has 0 radical (unpaired) electrons. The Bertz CT molecular complexity index is 746. The Balaban J connectivity index is 1.65. The molecule has 3 heteroatoms. The van der Waals surface area contributed by atoms with Crippen molar-refractivity contribution in [2.24, 2.45) is 5.92 Å². The number of carbonyl (C=O) groups is 1. The van der Waals surface area contributed by atoms with Gasteiger partial charge in [-0.05, 0) is 62.6 Å². The summed E-state index contributed by atoms with van der Waals surface area (Å²) in [6, 6.07) is 19.5. The van der Waals surface area contributed by atoms with Crippen LogP contribution in [0, 0.1) is 5.92 Å². The monoisotopic (exact) mass is 365 g/mol. The van der Waals surface area contributed by atoms with Gasteiger partial charge in [0.05, 0.1) is 0 Å². The van der Waals surface area contributed by atoms with E-state index in [1.165, 1.54) is 23.6 Å². The minimum Gasteiger partial charge on any atom is -0.461 e. The smallest absolute Gasteiger partial charge is 0.302 e. The van der Waals surface area contributed by atoms with Crippen LogP contribution in [0.15, 0.2) is 54.6 Å². The first-order valence-corrected chi connectivity index (χ1v) is 9.89. The molecule has 27 heavy (non-hydrogen) atoms. The Hall–Kier alpha value is -2.13. The van der Waals surface area contributed by atoms with Crippen LogP contribution in [0.2, 0.25) is 0 Å². The SMILES string of the molecule is CC(=O)O[C@@H]1C[C@H](Cc2ccc(-c3ccccc3)cc2)C[C@H]1NC(C)(C)C. The van der Waals surface area contributed by atoms with Crippen LogP contribution in [-0.2, 0) is 16.0 Å². The van der Waals surface area contributed by atoms with Gasteiger partial charge in [0.25, 0.3) is 0 Å². The van der Waals surface area contributed by atoms with Crippen molar-refractivity contribution in [3.8, 4) is 11.1 Å². The molecule has 0 amide bonds. The fraction of sp³-hybridized carbons (Fsp3) is 0.458. The van der Waals surface area contributed by atoms with Crippen LogP contribution >= 0.6 is 0 Å². The van der Waals surface area contributed by atoms with Crippen molar-refractivity contribution in [1.82, 2.24) is 5.32 Å². The van der Waals surface area contributed by atoms with E-state index in [0.717, 1.165) is 19.3 Å². The molecule has 3 nitrogen and oxygen atoms in total. The van der Waals surface area contributed by atoms with E-state index in [1.54, 1.807) is 0 Å². The lowest BCUT2D eigenvalue weighted by Crippen LogP contribution is -2.48. The van der Waals surface area contributed by atoms with E-state index in [1.807, 2.05) is 6.07 Å². The van der Waals surface area contributed by atoms with Gasteiger partial charge in [-0.3, -0.25) is 4.79 Å². The second-order valence-corrected chi connectivity index (χ2v) is 8.75. The number of esters is 1. The maximum atomic E-state index is 11.5. The first-order valence-electron chi connectivity index (χ1n) is 9.89. The topological polar surface area (TPSA) is 38.3 Å². The predicted octanol–water partition coefficient (Wildman–Crippen LogP) is 4.99. The summed E-state index contributed by atoms with van der Waals surface area (Å²) in [5.74, 6) is 0.338. The zero-order valence-corrected chi connectivity index (χ0v) is 16.9. The molecule has 1 aliphatic carbocycles. The Morgan fingerprint density at radius 2 is 1.63 bits per heavy atom. The second kappa shape index (κ2) is 8.26. The third-order valence-electron chi connectivity index (χ3n) is 5.12. The molecule has 1 aliphatic rings. The van der Waals surface area contributed by atoms with Gasteiger partial charge in [0.15, 0.2) is 0 Å². The summed E-state index contributed by atoms with van der Waals surface area (Å²) in [6.07, 6.45) is 2.95. The average Bonchev–Trinajstić information content (AvgIpc) is 2.94. The summed E-state index contributed by atoms with van der Waals surface area (Å²) in [5.41, 5.74) is 3.85. The van der Waals surface area contributed by atoms with Crippen LogP contribution in [0.5, 0.6) is 0 Å². The minimum atomic E-state index is -0.187. The number of carbonyl (C=O) groups excluding carboxylic acids is 1. The third kappa shape index (κ3) is 5.67. The van der Waals surface area contributed by atoms with Gasteiger partial charge < -0.3 is 10.1 Å². The van der Waals surface area contributed by atoms with Gasteiger partial charge in [0.1, 0.15) is 6.10 Å². The van der Waals surface area contributed by atoms with Crippen molar-refractivity contribution in [3.05, 3.63) is 60.2 Å². The molecule has 0 bridgehead atoms. The first kappa shape index (κ1) is 19.6. The van der Waals surface area contributed by atoms with Gasteiger partial charge in [-0.2, -0.15) is 0 Å². The van der Waals surface area contributed by atoms with Crippen LogP contribution in [0.3, 0.4) is 0 Å². The van der Waals surface area contributed by atoms with E-state index in [2.05, 4.69) is 74.6 Å². The van der Waals surface area contributed by atoms with Gasteiger partial charge in [0.2, 0.25) is 0 Å². The van der Waals surface area contributed by atoms with Gasteiger partial charge >= 0.3 is 5.97 Å². The van der Waals surface area contributed by atoms with Crippen LogP contribution < -0.4 is 5.32 Å². The van der Waals surface area contributed by atoms with Crippen LogP contribution in [-0.4, -0.2) is 23.7 Å². The quantitative estimate of drug-likeness (QED) is 0.758. The molecule has 1 fully saturated rings. The highest BCUT2D eigenvalue weighted by atomic mass is 16.5. The minimum absolute atomic E-state index is 0.00921. The molecule has 0 saturated heterocycles. The summed E-state index contributed by atoms with van der Waals surface area (Å²) in [7, 11) is 0. The molecule has 2 aromatic carbocycles. The summed E-state index contributed by atoms with van der Waals surface area (Å²) in [6.45, 7) is 7.98. The lowest BCUT2D eigenvalue weighted by molar-refractivity contribution is -0.147. The van der Waals surface area contributed by atoms with E-state index in [4.69, 9.17) is 4.74 Å². The summed E-state index contributed by atoms with van der Waals surface area (Å²) in [4.78, 5) is 11.5. The van der Waals surface area contributed by atoms with Gasteiger partial charge in [-0.15, -0.1) is 0 Å². The van der Waals surface area contributed by atoms with Crippen LogP contribution in [0.25, 0.3) is 11.1 Å².